The van der Waals surface area contributed by atoms with E-state index in [1.54, 1.807) is 43.5 Å². The van der Waals surface area contributed by atoms with Crippen molar-refractivity contribution in [2.24, 2.45) is 0 Å². The van der Waals surface area contributed by atoms with Crippen molar-refractivity contribution in [3.8, 4) is 5.75 Å². The minimum absolute atomic E-state index is 0.0399. The summed E-state index contributed by atoms with van der Waals surface area (Å²) in [4.78, 5) is 44.5. The summed E-state index contributed by atoms with van der Waals surface area (Å²) in [6.45, 7) is 2.04. The standard InChI is InChI=1S/C25H25N3O5S/c1-4-33-20(29)13-16-14-34-25(26-16)27-23(30)21-18-7-5-6-8-19(18)24(31)28(2)22(21)15-9-11-17(32-3)12-10-15/h5-12,14,21-22H,4,13H2,1-3H3,(H,26,27,30)/t21-,22+/m0/s1. The number of fused-ring (bicyclic) bond motifs is 1. The van der Waals surface area contributed by atoms with Crippen molar-refractivity contribution < 1.29 is 23.9 Å². The third-order valence-corrected chi connectivity index (χ3v) is 6.54. The van der Waals surface area contributed by atoms with Crippen LogP contribution in [0, 0.1) is 0 Å². The molecule has 0 unspecified atom stereocenters. The molecule has 3 aromatic rings. The molecule has 1 aliphatic heterocycles. The number of hydrogen-bond donors (Lipinski definition) is 1. The number of esters is 1. The van der Waals surface area contributed by atoms with Crippen LogP contribution in [0.4, 0.5) is 5.13 Å². The van der Waals surface area contributed by atoms with Crippen molar-refractivity contribution in [3.05, 3.63) is 76.3 Å². The van der Waals surface area contributed by atoms with Gasteiger partial charge in [-0.05, 0) is 36.2 Å². The van der Waals surface area contributed by atoms with E-state index in [4.69, 9.17) is 9.47 Å². The zero-order chi connectivity index (χ0) is 24.2. The summed E-state index contributed by atoms with van der Waals surface area (Å²) >= 11 is 1.24. The second-order valence-corrected chi connectivity index (χ2v) is 8.67. The van der Waals surface area contributed by atoms with E-state index in [1.165, 1.54) is 11.3 Å². The van der Waals surface area contributed by atoms with E-state index >= 15 is 0 Å². The van der Waals surface area contributed by atoms with Crippen LogP contribution in [-0.2, 0) is 20.7 Å². The fourth-order valence-electron chi connectivity index (χ4n) is 4.16. The highest BCUT2D eigenvalue weighted by Crippen LogP contribution is 2.43. The summed E-state index contributed by atoms with van der Waals surface area (Å²) in [5, 5.41) is 4.99. The maximum absolute atomic E-state index is 13.6. The first-order valence-corrected chi connectivity index (χ1v) is 11.7. The predicted molar refractivity (Wildman–Crippen MR) is 128 cm³/mol. The lowest BCUT2D eigenvalue weighted by molar-refractivity contribution is -0.142. The normalized spacial score (nSPS) is 17.1. The Morgan fingerprint density at radius 1 is 1.15 bits per heavy atom. The summed E-state index contributed by atoms with van der Waals surface area (Å²) < 4.78 is 10.2. The molecule has 0 spiro atoms. The fourth-order valence-corrected chi connectivity index (χ4v) is 4.88. The van der Waals surface area contributed by atoms with E-state index in [0.717, 1.165) is 5.56 Å². The molecule has 0 radical (unpaired) electrons. The molecule has 2 heterocycles. The fraction of sp³-hybridized carbons (Fsp3) is 0.280. The SMILES string of the molecule is CCOC(=O)Cc1csc(NC(=O)[C@H]2c3ccccc3C(=O)N(C)[C@@H]2c2ccc(OC)cc2)n1. The van der Waals surface area contributed by atoms with Gasteiger partial charge < -0.3 is 19.7 Å². The highest BCUT2D eigenvalue weighted by molar-refractivity contribution is 7.13. The van der Waals surface area contributed by atoms with Crippen LogP contribution in [0.1, 0.15) is 46.1 Å². The number of benzene rings is 2. The van der Waals surface area contributed by atoms with Gasteiger partial charge in [0.25, 0.3) is 5.91 Å². The summed E-state index contributed by atoms with van der Waals surface area (Å²) in [5.74, 6) is -0.778. The number of amides is 2. The molecular weight excluding hydrogens is 454 g/mol. The van der Waals surface area contributed by atoms with Gasteiger partial charge in [-0.1, -0.05) is 30.3 Å². The topological polar surface area (TPSA) is 97.8 Å². The zero-order valence-corrected chi connectivity index (χ0v) is 19.9. The minimum atomic E-state index is -0.662. The molecule has 1 N–H and O–H groups in total. The monoisotopic (exact) mass is 479 g/mol. The maximum Gasteiger partial charge on any atom is 0.311 e. The van der Waals surface area contributed by atoms with Gasteiger partial charge in [0, 0.05) is 18.0 Å². The number of carbonyl (C=O) groups is 3. The quantitative estimate of drug-likeness (QED) is 0.518. The average Bonchev–Trinajstić information content (AvgIpc) is 3.27. The van der Waals surface area contributed by atoms with Crippen LogP contribution in [-0.4, -0.2) is 48.4 Å². The molecule has 1 aromatic heterocycles. The van der Waals surface area contributed by atoms with Gasteiger partial charge in [0.2, 0.25) is 5.91 Å². The van der Waals surface area contributed by atoms with Crippen LogP contribution in [0.3, 0.4) is 0 Å². The van der Waals surface area contributed by atoms with E-state index < -0.39 is 12.0 Å². The highest BCUT2D eigenvalue weighted by atomic mass is 32.1. The smallest absolute Gasteiger partial charge is 0.311 e. The maximum atomic E-state index is 13.6. The summed E-state index contributed by atoms with van der Waals surface area (Å²) in [6, 6.07) is 14.0. The lowest BCUT2D eigenvalue weighted by atomic mass is 9.79. The Morgan fingerprint density at radius 3 is 2.59 bits per heavy atom. The van der Waals surface area contributed by atoms with Gasteiger partial charge in [-0.2, -0.15) is 0 Å². The van der Waals surface area contributed by atoms with Crippen molar-refractivity contribution in [3.63, 3.8) is 0 Å². The minimum Gasteiger partial charge on any atom is -0.497 e. The molecule has 0 bridgehead atoms. The van der Waals surface area contributed by atoms with E-state index in [1.807, 2.05) is 36.4 Å². The van der Waals surface area contributed by atoms with Crippen LogP contribution in [0.5, 0.6) is 5.75 Å². The summed E-state index contributed by atoms with van der Waals surface area (Å²) in [5.41, 5.74) is 2.50. The molecule has 2 amide bonds. The number of hydrogen-bond acceptors (Lipinski definition) is 7. The molecule has 2 aromatic carbocycles. The third kappa shape index (κ3) is 4.65. The molecule has 4 rings (SSSR count). The Kier molecular flexibility index (Phi) is 6.93. The summed E-state index contributed by atoms with van der Waals surface area (Å²) in [6.07, 6.45) is 0.0399. The number of ether oxygens (including phenoxy) is 2. The zero-order valence-electron chi connectivity index (χ0n) is 19.1. The predicted octanol–water partition coefficient (Wildman–Crippen LogP) is 3.81. The van der Waals surface area contributed by atoms with Crippen LogP contribution in [0.15, 0.2) is 53.9 Å². The highest BCUT2D eigenvalue weighted by Gasteiger charge is 2.42. The van der Waals surface area contributed by atoms with E-state index in [-0.39, 0.29) is 24.2 Å². The van der Waals surface area contributed by atoms with Gasteiger partial charge in [-0.15, -0.1) is 11.3 Å². The van der Waals surface area contributed by atoms with Crippen molar-refractivity contribution >= 4 is 34.3 Å². The van der Waals surface area contributed by atoms with Crippen molar-refractivity contribution in [2.45, 2.75) is 25.3 Å². The first-order chi connectivity index (χ1) is 16.4. The van der Waals surface area contributed by atoms with Crippen molar-refractivity contribution in [2.75, 3.05) is 26.1 Å². The number of nitrogens with one attached hydrogen (secondary N) is 1. The molecule has 1 aliphatic rings. The molecule has 0 saturated heterocycles. The van der Waals surface area contributed by atoms with Gasteiger partial charge in [0.1, 0.15) is 5.75 Å². The Balaban J connectivity index is 1.66. The van der Waals surface area contributed by atoms with Crippen LogP contribution in [0.2, 0.25) is 0 Å². The number of likely N-dealkylation sites (N-methyl/N-ethyl adjacent to an activating group) is 1. The van der Waals surface area contributed by atoms with Crippen molar-refractivity contribution in [1.29, 1.82) is 0 Å². The molecule has 176 valence electrons. The lowest BCUT2D eigenvalue weighted by Gasteiger charge is -2.39. The molecule has 34 heavy (non-hydrogen) atoms. The van der Waals surface area contributed by atoms with Gasteiger partial charge >= 0.3 is 5.97 Å². The number of rotatable bonds is 7. The van der Waals surface area contributed by atoms with E-state index in [2.05, 4.69) is 10.3 Å². The van der Waals surface area contributed by atoms with E-state index in [0.29, 0.717) is 34.3 Å². The van der Waals surface area contributed by atoms with Crippen LogP contribution in [0.25, 0.3) is 0 Å². The molecule has 9 heteroatoms. The number of carbonyl (C=O) groups excluding carboxylic acids is 3. The Morgan fingerprint density at radius 2 is 1.88 bits per heavy atom. The van der Waals surface area contributed by atoms with Crippen molar-refractivity contribution in [1.82, 2.24) is 9.88 Å². The Hall–Kier alpha value is -3.72. The first-order valence-electron chi connectivity index (χ1n) is 10.8. The molecule has 0 aliphatic carbocycles. The number of methoxy groups -OCH3 is 1. The second kappa shape index (κ2) is 10.0. The third-order valence-electron chi connectivity index (χ3n) is 5.73. The number of aromatic nitrogens is 1. The Bertz CT molecular complexity index is 1210. The second-order valence-electron chi connectivity index (χ2n) is 7.81. The number of anilines is 1. The van der Waals surface area contributed by atoms with Gasteiger partial charge in [-0.25, -0.2) is 4.98 Å². The lowest BCUT2D eigenvalue weighted by Crippen LogP contribution is -2.44. The van der Waals surface area contributed by atoms with Gasteiger partial charge in [-0.3, -0.25) is 14.4 Å². The largest absolute Gasteiger partial charge is 0.497 e. The number of nitrogens with zero attached hydrogens (tertiary/aromatic N) is 2. The summed E-state index contributed by atoms with van der Waals surface area (Å²) in [7, 11) is 3.29. The van der Waals surface area contributed by atoms with Crippen LogP contribution < -0.4 is 10.1 Å². The molecule has 0 fully saturated rings. The molecule has 2 atom stereocenters. The van der Waals surface area contributed by atoms with Gasteiger partial charge in [0.15, 0.2) is 5.13 Å². The van der Waals surface area contributed by atoms with Crippen LogP contribution >= 0.6 is 11.3 Å². The average molecular weight is 480 g/mol. The Labute approximate surface area is 201 Å². The van der Waals surface area contributed by atoms with Gasteiger partial charge in [0.05, 0.1) is 37.8 Å². The molecule has 8 nitrogen and oxygen atoms in total. The first kappa shape index (κ1) is 23.4. The number of thiazole rings is 1. The molecule has 0 saturated carbocycles. The molecular formula is C25H25N3O5S. The van der Waals surface area contributed by atoms with E-state index in [9.17, 15) is 14.4 Å².